The number of primary amides is 1. The van der Waals surface area contributed by atoms with Crippen LogP contribution in [0.15, 0.2) is 42.5 Å². The smallest absolute Gasteiger partial charge is 0.493 e. The molecular formula is C25H27ClF3N5O6. The maximum atomic E-state index is 12.8. The van der Waals surface area contributed by atoms with E-state index in [-0.39, 0.29) is 47.2 Å². The summed E-state index contributed by atoms with van der Waals surface area (Å²) in [5, 5.41) is 24.7. The van der Waals surface area contributed by atoms with Crippen molar-refractivity contribution in [3.05, 3.63) is 53.1 Å². The molecule has 2 aliphatic heterocycles. The van der Waals surface area contributed by atoms with Crippen LogP contribution in [-0.2, 0) is 9.63 Å². The maximum absolute atomic E-state index is 12.8. The molecule has 2 aliphatic rings. The first kappa shape index (κ1) is 29.2. The van der Waals surface area contributed by atoms with Gasteiger partial charge in [0.25, 0.3) is 5.91 Å². The highest BCUT2D eigenvalue weighted by molar-refractivity contribution is 6.30. The number of rotatable bonds is 5. The number of anilines is 2. The molecule has 5 N–H and O–H groups in total. The summed E-state index contributed by atoms with van der Waals surface area (Å²) >= 11 is 5.89. The van der Waals surface area contributed by atoms with Crippen LogP contribution in [0, 0.1) is 0 Å². The number of β-amino-alcohol motifs (C(OH)–C–C–N with tert-alkyl or cyclic N) is 1. The molecule has 2 heterocycles. The van der Waals surface area contributed by atoms with E-state index in [9.17, 15) is 37.8 Å². The second-order valence-corrected chi connectivity index (χ2v) is 9.94. The van der Waals surface area contributed by atoms with Gasteiger partial charge in [0.15, 0.2) is 0 Å². The van der Waals surface area contributed by atoms with Crippen LogP contribution >= 0.6 is 11.6 Å². The molecule has 216 valence electrons. The second kappa shape index (κ2) is 11.8. The Morgan fingerprint density at radius 2 is 1.73 bits per heavy atom. The van der Waals surface area contributed by atoms with Gasteiger partial charge >= 0.3 is 18.2 Å². The normalized spacial score (nSPS) is 19.9. The number of aromatic hydroxyl groups is 1. The predicted molar refractivity (Wildman–Crippen MR) is 138 cm³/mol. The Morgan fingerprint density at radius 1 is 1.07 bits per heavy atom. The summed E-state index contributed by atoms with van der Waals surface area (Å²) in [6.07, 6.45) is -5.09. The number of phenolic OH excluding ortho intramolecular Hbond substituents is 1. The van der Waals surface area contributed by atoms with Gasteiger partial charge in [0.1, 0.15) is 11.4 Å². The van der Waals surface area contributed by atoms with E-state index in [1.165, 1.54) is 4.90 Å². The zero-order valence-electron chi connectivity index (χ0n) is 21.0. The number of alkyl halides is 3. The van der Waals surface area contributed by atoms with Crippen molar-refractivity contribution in [3.8, 4) is 5.75 Å². The molecular weight excluding hydrogens is 559 g/mol. The van der Waals surface area contributed by atoms with E-state index in [4.69, 9.17) is 17.3 Å². The maximum Gasteiger partial charge on any atom is 0.493 e. The lowest BCUT2D eigenvalue weighted by Gasteiger charge is -2.34. The second-order valence-electron chi connectivity index (χ2n) is 9.50. The van der Waals surface area contributed by atoms with E-state index in [1.807, 2.05) is 0 Å². The van der Waals surface area contributed by atoms with Gasteiger partial charge in [-0.3, -0.25) is 4.79 Å². The minimum Gasteiger partial charge on any atom is -0.508 e. The molecule has 2 saturated heterocycles. The zero-order valence-corrected chi connectivity index (χ0v) is 21.7. The molecule has 2 atom stereocenters. The average molecular weight is 586 g/mol. The fraction of sp³-hybridized carbons (Fsp3) is 0.400. The number of phenols is 1. The number of aliphatic hydroxyl groups is 1. The molecule has 3 amide bonds. The Labute approximate surface area is 231 Å². The van der Waals surface area contributed by atoms with Crippen molar-refractivity contribution in [2.24, 2.45) is 5.73 Å². The highest BCUT2D eigenvalue weighted by Gasteiger charge is 2.44. The number of piperidine rings is 1. The van der Waals surface area contributed by atoms with Gasteiger partial charge in [0.2, 0.25) is 0 Å². The molecule has 0 bridgehead atoms. The first-order valence-electron chi connectivity index (χ1n) is 12.3. The van der Waals surface area contributed by atoms with Crippen LogP contribution in [0.5, 0.6) is 5.75 Å². The largest absolute Gasteiger partial charge is 0.508 e. The quantitative estimate of drug-likeness (QED) is 0.391. The summed E-state index contributed by atoms with van der Waals surface area (Å²) in [6.45, 7) is 1.10. The molecule has 2 unspecified atom stereocenters. The molecule has 11 nitrogen and oxygen atoms in total. The number of urea groups is 1. The summed E-state index contributed by atoms with van der Waals surface area (Å²) in [7, 11) is 0. The highest BCUT2D eigenvalue weighted by Crippen LogP contribution is 2.36. The number of aliphatic hydroxyl groups excluding tert-OH is 1. The van der Waals surface area contributed by atoms with Crippen LogP contribution in [0.1, 0.15) is 23.2 Å². The number of halogens is 4. The van der Waals surface area contributed by atoms with Gasteiger partial charge in [-0.25, -0.2) is 9.59 Å². The van der Waals surface area contributed by atoms with Crippen LogP contribution < -0.4 is 21.0 Å². The van der Waals surface area contributed by atoms with Gasteiger partial charge in [-0.05, 0) is 49.2 Å². The van der Waals surface area contributed by atoms with Crippen molar-refractivity contribution in [2.45, 2.75) is 37.2 Å². The third-order valence-corrected chi connectivity index (χ3v) is 6.99. The number of hydroxylamine groups is 1. The minimum atomic E-state index is -5.39. The van der Waals surface area contributed by atoms with E-state index >= 15 is 0 Å². The number of nitrogens with two attached hydrogens (primary N) is 1. The van der Waals surface area contributed by atoms with Gasteiger partial charge in [0.05, 0.1) is 17.8 Å². The monoisotopic (exact) mass is 585 g/mol. The third-order valence-electron chi connectivity index (χ3n) is 6.74. The van der Waals surface area contributed by atoms with Crippen LogP contribution in [0.2, 0.25) is 5.02 Å². The Hall–Kier alpha value is -3.75. The average Bonchev–Trinajstić information content (AvgIpc) is 3.26. The van der Waals surface area contributed by atoms with Crippen molar-refractivity contribution in [2.75, 3.05) is 36.1 Å². The summed E-state index contributed by atoms with van der Waals surface area (Å²) < 4.78 is 38.3. The van der Waals surface area contributed by atoms with E-state index in [1.54, 1.807) is 29.2 Å². The molecule has 0 aliphatic carbocycles. The van der Waals surface area contributed by atoms with Gasteiger partial charge < -0.3 is 35.9 Å². The topological polar surface area (TPSA) is 149 Å². The minimum absolute atomic E-state index is 0.00878. The summed E-state index contributed by atoms with van der Waals surface area (Å²) in [5.74, 6) is -3.05. The van der Waals surface area contributed by atoms with Crippen molar-refractivity contribution < 1.29 is 42.6 Å². The lowest BCUT2D eigenvalue weighted by molar-refractivity contribution is -0.199. The van der Waals surface area contributed by atoms with Gasteiger partial charge in [-0.1, -0.05) is 11.6 Å². The molecule has 2 aromatic rings. The molecule has 2 aromatic carbocycles. The number of carbonyl (C=O) groups is 3. The molecule has 4 rings (SSSR count). The lowest BCUT2D eigenvalue weighted by Crippen LogP contribution is -2.50. The molecule has 15 heteroatoms. The Balaban J connectivity index is 1.42. The molecule has 0 saturated carbocycles. The fourth-order valence-electron chi connectivity index (χ4n) is 4.76. The first-order valence-corrected chi connectivity index (χ1v) is 12.7. The van der Waals surface area contributed by atoms with E-state index in [2.05, 4.69) is 10.2 Å². The fourth-order valence-corrected chi connectivity index (χ4v) is 4.88. The van der Waals surface area contributed by atoms with Crippen LogP contribution in [0.4, 0.5) is 29.3 Å². The summed E-state index contributed by atoms with van der Waals surface area (Å²) in [6, 6.07) is 7.91. The Kier molecular flexibility index (Phi) is 8.61. The number of hydrogen-bond acceptors (Lipinski definition) is 8. The van der Waals surface area contributed by atoms with Crippen molar-refractivity contribution >= 4 is 40.9 Å². The van der Waals surface area contributed by atoms with Crippen molar-refractivity contribution in [1.82, 2.24) is 10.2 Å². The van der Waals surface area contributed by atoms with Crippen molar-refractivity contribution in [3.63, 3.8) is 0 Å². The van der Waals surface area contributed by atoms with E-state index < -0.39 is 30.3 Å². The summed E-state index contributed by atoms with van der Waals surface area (Å²) in [4.78, 5) is 43.5. The number of amides is 3. The number of hydrogen-bond donors (Lipinski definition) is 4. The zero-order chi connectivity index (χ0) is 29.2. The first-order chi connectivity index (χ1) is 18.8. The standard InChI is InChI=1S/C25H27ClF3N5O6/c26-15-3-1-14(2-4-15)22(37)32-9-7-16(8-10-32)31-18-12-33(13-21(18)36)20-11-17(35)5-6-19(20)34(24(30)39)40-23(38)25(27,28)29/h1-6,11,16,18,21,31,35-36H,7-10,12-13H2,(H2,30,39). The predicted octanol–water partition coefficient (Wildman–Crippen LogP) is 2.40. The number of likely N-dealkylation sites (tertiary alicyclic amines) is 1. The number of nitrogens with zero attached hydrogens (tertiary/aromatic N) is 3. The van der Waals surface area contributed by atoms with Crippen molar-refractivity contribution in [1.29, 1.82) is 0 Å². The van der Waals surface area contributed by atoms with Gasteiger partial charge in [-0.15, -0.1) is 5.06 Å². The van der Waals surface area contributed by atoms with Gasteiger partial charge in [-0.2, -0.15) is 13.2 Å². The highest BCUT2D eigenvalue weighted by atomic mass is 35.5. The Bertz CT molecular complexity index is 1260. The van der Waals surface area contributed by atoms with E-state index in [0.29, 0.717) is 36.5 Å². The molecule has 40 heavy (non-hydrogen) atoms. The van der Waals surface area contributed by atoms with Crippen LogP contribution in [-0.4, -0.2) is 83.6 Å². The van der Waals surface area contributed by atoms with Crippen LogP contribution in [0.25, 0.3) is 0 Å². The van der Waals surface area contributed by atoms with E-state index in [0.717, 1.165) is 18.2 Å². The molecule has 0 radical (unpaired) electrons. The Morgan fingerprint density at radius 3 is 2.33 bits per heavy atom. The summed E-state index contributed by atoms with van der Waals surface area (Å²) in [5.41, 5.74) is 5.40. The number of carbonyl (C=O) groups excluding carboxylic acids is 3. The lowest BCUT2D eigenvalue weighted by atomic mass is 10.0. The molecule has 2 fully saturated rings. The van der Waals surface area contributed by atoms with Crippen LogP contribution in [0.3, 0.4) is 0 Å². The van der Waals surface area contributed by atoms with Gasteiger partial charge in [0, 0.05) is 48.9 Å². The molecule has 0 aromatic heterocycles. The number of benzene rings is 2. The molecule has 0 spiro atoms. The SMILES string of the molecule is NC(=O)N(OC(=O)C(F)(F)F)c1ccc(O)cc1N1CC(O)C(NC2CCN(C(=O)c3ccc(Cl)cc3)CC2)C1. The third kappa shape index (κ3) is 6.69. The number of nitrogens with one attached hydrogen (secondary N) is 1.